The number of aromatic nitrogens is 1. The van der Waals surface area contributed by atoms with Gasteiger partial charge in [-0.3, -0.25) is 9.69 Å². The first-order chi connectivity index (χ1) is 14.2. The first-order valence-electron chi connectivity index (χ1n) is 9.54. The molecule has 148 valence electrons. The van der Waals surface area contributed by atoms with Crippen molar-refractivity contribution in [2.45, 2.75) is 25.8 Å². The number of methoxy groups -OCH3 is 1. The van der Waals surface area contributed by atoms with Crippen molar-refractivity contribution in [3.05, 3.63) is 76.5 Å². The summed E-state index contributed by atoms with van der Waals surface area (Å²) < 4.78 is 6.34. The summed E-state index contributed by atoms with van der Waals surface area (Å²) in [4.78, 5) is 21.0. The van der Waals surface area contributed by atoms with E-state index in [-0.39, 0.29) is 5.91 Å². The molecule has 0 saturated carbocycles. The van der Waals surface area contributed by atoms with E-state index in [0.29, 0.717) is 13.0 Å². The minimum Gasteiger partial charge on any atom is -0.497 e. The minimum atomic E-state index is 0.108. The number of ether oxygens (including phenoxy) is 1. The number of benzene rings is 2. The molecule has 29 heavy (non-hydrogen) atoms. The third-order valence-electron chi connectivity index (χ3n) is 4.69. The van der Waals surface area contributed by atoms with Gasteiger partial charge < -0.3 is 4.74 Å². The third-order valence-corrected chi connectivity index (χ3v) is 6.67. The molecule has 4 nitrogen and oxygen atoms in total. The van der Waals surface area contributed by atoms with Crippen LogP contribution in [-0.4, -0.2) is 18.0 Å². The molecule has 0 saturated heterocycles. The summed E-state index contributed by atoms with van der Waals surface area (Å²) in [6.45, 7) is 0.523. The second-order valence-corrected chi connectivity index (χ2v) is 8.77. The fourth-order valence-electron chi connectivity index (χ4n) is 3.17. The molecular weight excluding hydrogens is 400 g/mol. The number of thiazole rings is 1. The monoisotopic (exact) mass is 422 g/mol. The molecule has 4 rings (SSSR count). The minimum absolute atomic E-state index is 0.108. The summed E-state index contributed by atoms with van der Waals surface area (Å²) in [6, 6.07) is 20.1. The molecule has 0 atom stereocenters. The van der Waals surface area contributed by atoms with Crippen LogP contribution in [0.2, 0.25) is 0 Å². The van der Waals surface area contributed by atoms with Gasteiger partial charge in [0.05, 0.1) is 23.9 Å². The summed E-state index contributed by atoms with van der Waals surface area (Å²) in [7, 11) is 1.65. The number of carbonyl (C=O) groups is 1. The standard InChI is InChI=1S/C23H22N2O2S2/c1-27-18-12-13-20-21(15-18)29-23(24-20)25(16-17-7-3-2-4-8-17)22(26)11-5-9-19-10-6-14-28-19/h2-4,6-8,10,12-15H,5,9,11,16H2,1H3. The summed E-state index contributed by atoms with van der Waals surface area (Å²) in [6.07, 6.45) is 2.27. The first-order valence-corrected chi connectivity index (χ1v) is 11.2. The van der Waals surface area contributed by atoms with Crippen molar-refractivity contribution in [3.8, 4) is 5.75 Å². The quantitative estimate of drug-likeness (QED) is 0.354. The summed E-state index contributed by atoms with van der Waals surface area (Å²) >= 11 is 3.27. The lowest BCUT2D eigenvalue weighted by atomic mass is 10.1. The van der Waals surface area contributed by atoms with Crippen molar-refractivity contribution in [1.29, 1.82) is 0 Å². The Morgan fingerprint density at radius 1 is 1.10 bits per heavy atom. The Bertz CT molecular complexity index is 1070. The van der Waals surface area contributed by atoms with E-state index in [1.54, 1.807) is 18.4 Å². The van der Waals surface area contributed by atoms with Gasteiger partial charge in [-0.1, -0.05) is 47.7 Å². The SMILES string of the molecule is COc1ccc2nc(N(Cc3ccccc3)C(=O)CCCc3cccs3)sc2c1. The van der Waals surface area contributed by atoms with Crippen LogP contribution in [0.4, 0.5) is 5.13 Å². The number of amides is 1. The van der Waals surface area contributed by atoms with Crippen molar-refractivity contribution in [2.75, 3.05) is 12.0 Å². The smallest absolute Gasteiger partial charge is 0.229 e. The predicted octanol–water partition coefficient (Wildman–Crippen LogP) is 5.92. The van der Waals surface area contributed by atoms with Gasteiger partial charge in [0.1, 0.15) is 5.75 Å². The number of thiophene rings is 1. The molecule has 0 fully saturated rings. The average Bonchev–Trinajstić information content (AvgIpc) is 3.41. The van der Waals surface area contributed by atoms with Crippen molar-refractivity contribution in [2.24, 2.45) is 0 Å². The molecule has 0 aliphatic heterocycles. The van der Waals surface area contributed by atoms with Gasteiger partial charge in [0.15, 0.2) is 5.13 Å². The average molecular weight is 423 g/mol. The largest absolute Gasteiger partial charge is 0.497 e. The lowest BCUT2D eigenvalue weighted by Crippen LogP contribution is -2.30. The predicted molar refractivity (Wildman–Crippen MR) is 121 cm³/mol. The summed E-state index contributed by atoms with van der Waals surface area (Å²) in [5.41, 5.74) is 1.98. The zero-order valence-corrected chi connectivity index (χ0v) is 17.8. The van der Waals surface area contributed by atoms with E-state index in [4.69, 9.17) is 9.72 Å². The Morgan fingerprint density at radius 2 is 1.97 bits per heavy atom. The lowest BCUT2D eigenvalue weighted by Gasteiger charge is -2.20. The number of carbonyl (C=O) groups excluding carboxylic acids is 1. The van der Waals surface area contributed by atoms with Crippen LogP contribution < -0.4 is 9.64 Å². The fourth-order valence-corrected chi connectivity index (χ4v) is 4.93. The molecule has 0 spiro atoms. The van der Waals surface area contributed by atoms with Crippen LogP contribution in [0.25, 0.3) is 10.2 Å². The number of hydrogen-bond donors (Lipinski definition) is 0. The number of fused-ring (bicyclic) bond motifs is 1. The fraction of sp³-hybridized carbons (Fsp3) is 0.217. The van der Waals surface area contributed by atoms with Gasteiger partial charge >= 0.3 is 0 Å². The molecule has 4 aromatic rings. The van der Waals surface area contributed by atoms with Gasteiger partial charge in [-0.25, -0.2) is 4.98 Å². The van der Waals surface area contributed by atoms with Gasteiger partial charge in [-0.2, -0.15) is 0 Å². The first kappa shape index (κ1) is 19.6. The van der Waals surface area contributed by atoms with Crippen molar-refractivity contribution in [3.63, 3.8) is 0 Å². The maximum absolute atomic E-state index is 13.1. The highest BCUT2D eigenvalue weighted by Crippen LogP contribution is 2.32. The zero-order valence-electron chi connectivity index (χ0n) is 16.2. The highest BCUT2D eigenvalue weighted by Gasteiger charge is 2.20. The second kappa shape index (κ2) is 9.20. The molecule has 0 bridgehead atoms. The Kier molecular flexibility index (Phi) is 6.22. The Morgan fingerprint density at radius 3 is 2.72 bits per heavy atom. The van der Waals surface area contributed by atoms with Crippen molar-refractivity contribution < 1.29 is 9.53 Å². The van der Waals surface area contributed by atoms with E-state index in [2.05, 4.69) is 17.5 Å². The van der Waals surface area contributed by atoms with E-state index in [9.17, 15) is 4.79 Å². The van der Waals surface area contributed by atoms with Gasteiger partial charge in [-0.05, 0) is 48.1 Å². The van der Waals surface area contributed by atoms with Crippen LogP contribution in [0.15, 0.2) is 66.0 Å². The van der Waals surface area contributed by atoms with Gasteiger partial charge in [0.2, 0.25) is 5.91 Å². The molecular formula is C23H22N2O2S2. The molecule has 0 unspecified atom stereocenters. The summed E-state index contributed by atoms with van der Waals surface area (Å²) in [5, 5.41) is 2.81. The maximum Gasteiger partial charge on any atom is 0.229 e. The molecule has 1 amide bonds. The highest BCUT2D eigenvalue weighted by molar-refractivity contribution is 7.22. The van der Waals surface area contributed by atoms with Crippen LogP contribution in [0.3, 0.4) is 0 Å². The molecule has 0 radical (unpaired) electrons. The summed E-state index contributed by atoms with van der Waals surface area (Å²) in [5.74, 6) is 0.904. The van der Waals surface area contributed by atoms with E-state index < -0.39 is 0 Å². The second-order valence-electron chi connectivity index (χ2n) is 6.73. The zero-order chi connectivity index (χ0) is 20.1. The topological polar surface area (TPSA) is 42.4 Å². The van der Waals surface area contributed by atoms with Crippen LogP contribution in [0.1, 0.15) is 23.3 Å². The van der Waals surface area contributed by atoms with E-state index in [1.807, 2.05) is 53.4 Å². The molecule has 0 aliphatic rings. The van der Waals surface area contributed by atoms with E-state index in [1.165, 1.54) is 16.2 Å². The number of nitrogens with zero attached hydrogens (tertiary/aromatic N) is 2. The van der Waals surface area contributed by atoms with Crippen molar-refractivity contribution in [1.82, 2.24) is 4.98 Å². The Hall–Kier alpha value is -2.70. The molecule has 2 aromatic carbocycles. The maximum atomic E-state index is 13.1. The Balaban J connectivity index is 1.56. The molecule has 2 heterocycles. The van der Waals surface area contributed by atoms with Gasteiger partial charge in [0, 0.05) is 11.3 Å². The van der Waals surface area contributed by atoms with Gasteiger partial charge in [-0.15, -0.1) is 11.3 Å². The lowest BCUT2D eigenvalue weighted by molar-refractivity contribution is -0.118. The molecule has 6 heteroatoms. The number of hydrogen-bond acceptors (Lipinski definition) is 5. The van der Waals surface area contributed by atoms with Gasteiger partial charge in [0.25, 0.3) is 0 Å². The van der Waals surface area contributed by atoms with Crippen LogP contribution in [0.5, 0.6) is 5.75 Å². The highest BCUT2D eigenvalue weighted by atomic mass is 32.1. The van der Waals surface area contributed by atoms with E-state index in [0.717, 1.165) is 39.5 Å². The van der Waals surface area contributed by atoms with Crippen molar-refractivity contribution >= 4 is 43.9 Å². The van der Waals surface area contributed by atoms with Crippen LogP contribution in [0, 0.1) is 0 Å². The number of aryl methyl sites for hydroxylation is 1. The third kappa shape index (κ3) is 4.83. The number of anilines is 1. The molecule has 0 N–H and O–H groups in total. The van der Waals surface area contributed by atoms with Crippen LogP contribution >= 0.6 is 22.7 Å². The number of rotatable bonds is 8. The van der Waals surface area contributed by atoms with Crippen LogP contribution in [-0.2, 0) is 17.8 Å². The van der Waals surface area contributed by atoms with E-state index >= 15 is 0 Å². The normalized spacial score (nSPS) is 10.9. The molecule has 2 aromatic heterocycles. The molecule has 0 aliphatic carbocycles. The Labute approximate surface area is 178 Å².